The molecule has 8 atom stereocenters. The van der Waals surface area contributed by atoms with E-state index in [1.807, 2.05) is 13.0 Å². The fraction of sp³-hybridized carbons (Fsp3) is 0.762. The smallest absolute Gasteiger partial charge is 0.178 e. The fourth-order valence-electron chi connectivity index (χ4n) is 7.16. The van der Waals surface area contributed by atoms with Gasteiger partial charge in [0.2, 0.25) is 0 Å². The van der Waals surface area contributed by atoms with Crippen LogP contribution in [-0.4, -0.2) is 28.2 Å². The first kappa shape index (κ1) is 16.5. The van der Waals surface area contributed by atoms with Crippen LogP contribution in [0.2, 0.25) is 0 Å². The molecule has 0 amide bonds. The Morgan fingerprint density at radius 1 is 1.25 bits per heavy atom. The molecule has 24 heavy (non-hydrogen) atoms. The zero-order chi connectivity index (χ0) is 17.3. The molecule has 0 saturated heterocycles. The van der Waals surface area contributed by atoms with Gasteiger partial charge in [-0.25, -0.2) is 0 Å². The summed E-state index contributed by atoms with van der Waals surface area (Å²) in [5.41, 5.74) is 1.07. The summed E-state index contributed by atoms with van der Waals surface area (Å²) in [5, 5.41) is 21.4. The Kier molecular flexibility index (Phi) is 3.64. The number of ketones is 1. The first-order valence-electron chi connectivity index (χ1n) is 9.58. The number of aliphatic hydroxyl groups excluding tert-OH is 2. The second kappa shape index (κ2) is 5.28. The van der Waals surface area contributed by atoms with Crippen molar-refractivity contribution in [3.63, 3.8) is 0 Å². The molecule has 0 bridgehead atoms. The number of allylic oxidation sites excluding steroid dienone is 4. The molecule has 0 aromatic carbocycles. The van der Waals surface area contributed by atoms with Crippen molar-refractivity contribution in [1.82, 2.24) is 0 Å². The van der Waals surface area contributed by atoms with Crippen LogP contribution in [0.1, 0.15) is 52.9 Å². The molecule has 0 aromatic heterocycles. The molecule has 4 aliphatic carbocycles. The van der Waals surface area contributed by atoms with Crippen LogP contribution in [0.25, 0.3) is 0 Å². The van der Waals surface area contributed by atoms with Crippen LogP contribution in [0, 0.1) is 34.5 Å². The highest BCUT2D eigenvalue weighted by molar-refractivity contribution is 6.01. The molecule has 2 N–H and O–H groups in total. The molecule has 2 unspecified atom stereocenters. The highest BCUT2D eigenvalue weighted by atomic mass is 16.3. The van der Waals surface area contributed by atoms with Crippen molar-refractivity contribution < 1.29 is 15.0 Å². The van der Waals surface area contributed by atoms with Gasteiger partial charge in [-0.1, -0.05) is 25.5 Å². The lowest BCUT2D eigenvalue weighted by molar-refractivity contribution is -0.127. The van der Waals surface area contributed by atoms with E-state index in [-0.39, 0.29) is 34.7 Å². The van der Waals surface area contributed by atoms with Crippen molar-refractivity contribution in [2.75, 3.05) is 0 Å². The maximum atomic E-state index is 11.8. The third-order valence-corrected chi connectivity index (χ3v) is 8.15. The zero-order valence-electron chi connectivity index (χ0n) is 15.0. The summed E-state index contributed by atoms with van der Waals surface area (Å²) in [6.45, 7) is 6.43. The Labute approximate surface area is 144 Å². The number of aliphatic hydroxyl groups is 2. The summed E-state index contributed by atoms with van der Waals surface area (Å²) in [5.74, 6) is 1.66. The first-order chi connectivity index (χ1) is 11.3. The number of rotatable bonds is 1. The molecule has 0 radical (unpaired) electrons. The molecular weight excluding hydrogens is 300 g/mol. The molecule has 3 fully saturated rings. The minimum absolute atomic E-state index is 0.0422. The third-order valence-electron chi connectivity index (χ3n) is 8.15. The Morgan fingerprint density at radius 2 is 2.00 bits per heavy atom. The van der Waals surface area contributed by atoms with Gasteiger partial charge in [0.15, 0.2) is 5.78 Å². The number of hydrogen-bond donors (Lipinski definition) is 2. The zero-order valence-corrected chi connectivity index (χ0v) is 15.0. The lowest BCUT2D eigenvalue weighted by Gasteiger charge is -2.59. The Bertz CT molecular complexity index is 619. The number of carbonyl (C=O) groups is 1. The molecule has 0 heterocycles. The van der Waals surface area contributed by atoms with Crippen LogP contribution in [0.3, 0.4) is 0 Å². The van der Waals surface area contributed by atoms with Gasteiger partial charge in [-0.15, -0.1) is 0 Å². The second-order valence-electron chi connectivity index (χ2n) is 9.22. The van der Waals surface area contributed by atoms with Crippen LogP contribution in [0.5, 0.6) is 0 Å². The summed E-state index contributed by atoms with van der Waals surface area (Å²) in [6.07, 6.45) is 9.95. The van der Waals surface area contributed by atoms with E-state index in [0.717, 1.165) is 32.1 Å². The molecule has 3 heteroatoms. The number of fused-ring (bicyclic) bond motifs is 5. The Morgan fingerprint density at radius 3 is 2.71 bits per heavy atom. The average Bonchev–Trinajstić information content (AvgIpc) is 2.84. The highest BCUT2D eigenvalue weighted by Crippen LogP contribution is 2.66. The Hall–Kier alpha value is -0.930. The highest BCUT2D eigenvalue weighted by Gasteiger charge is 2.61. The van der Waals surface area contributed by atoms with Gasteiger partial charge >= 0.3 is 0 Å². The Balaban J connectivity index is 1.72. The second-order valence-corrected chi connectivity index (χ2v) is 9.22. The molecule has 3 saturated carbocycles. The van der Waals surface area contributed by atoms with Crippen molar-refractivity contribution in [2.24, 2.45) is 34.5 Å². The van der Waals surface area contributed by atoms with Crippen LogP contribution in [-0.2, 0) is 4.79 Å². The van der Waals surface area contributed by atoms with Gasteiger partial charge in [0, 0.05) is 11.3 Å². The summed E-state index contributed by atoms with van der Waals surface area (Å²) in [4.78, 5) is 11.8. The van der Waals surface area contributed by atoms with Gasteiger partial charge in [-0.2, -0.15) is 0 Å². The fourth-order valence-corrected chi connectivity index (χ4v) is 7.16. The minimum atomic E-state index is -0.359. The lowest BCUT2D eigenvalue weighted by atomic mass is 9.46. The van der Waals surface area contributed by atoms with Crippen LogP contribution >= 0.6 is 0 Å². The minimum Gasteiger partial charge on any atom is -0.393 e. The number of carbonyl (C=O) groups excluding carboxylic acids is 1. The maximum absolute atomic E-state index is 11.8. The van der Waals surface area contributed by atoms with E-state index in [0.29, 0.717) is 17.8 Å². The topological polar surface area (TPSA) is 57.5 Å². The van der Waals surface area contributed by atoms with Gasteiger partial charge < -0.3 is 10.2 Å². The van der Waals surface area contributed by atoms with Crippen molar-refractivity contribution in [3.8, 4) is 0 Å². The summed E-state index contributed by atoms with van der Waals surface area (Å²) >= 11 is 0. The van der Waals surface area contributed by atoms with E-state index in [1.54, 1.807) is 6.08 Å². The van der Waals surface area contributed by atoms with Gasteiger partial charge in [0.05, 0.1) is 12.2 Å². The predicted molar refractivity (Wildman–Crippen MR) is 93.2 cm³/mol. The van der Waals surface area contributed by atoms with E-state index in [1.165, 1.54) is 5.57 Å². The van der Waals surface area contributed by atoms with Crippen LogP contribution in [0.4, 0.5) is 0 Å². The van der Waals surface area contributed by atoms with Crippen molar-refractivity contribution >= 4 is 5.78 Å². The average molecular weight is 330 g/mol. The standard InChI is InChI=1S/C21H30O3/c1-12(22)16-6-7-17-15-5-4-13-10-14(23)8-9-20(13,2)19(15)18(24)11-21(16,17)3/h8-10,12,15-19,22,24H,4-7,11H2,1-3H3/t12?,15-,16+,17-,18?,19+,20-,21+/m0/s1. The van der Waals surface area contributed by atoms with E-state index in [9.17, 15) is 15.0 Å². The summed E-state index contributed by atoms with van der Waals surface area (Å²) in [6, 6.07) is 0. The number of hydrogen-bond acceptors (Lipinski definition) is 3. The van der Waals surface area contributed by atoms with Gasteiger partial charge in [0.1, 0.15) is 0 Å². The monoisotopic (exact) mass is 330 g/mol. The molecule has 0 aliphatic heterocycles. The van der Waals surface area contributed by atoms with Crippen LogP contribution in [0.15, 0.2) is 23.8 Å². The van der Waals surface area contributed by atoms with Crippen molar-refractivity contribution in [3.05, 3.63) is 23.8 Å². The van der Waals surface area contributed by atoms with E-state index >= 15 is 0 Å². The molecule has 132 valence electrons. The van der Waals surface area contributed by atoms with Crippen LogP contribution < -0.4 is 0 Å². The van der Waals surface area contributed by atoms with E-state index < -0.39 is 0 Å². The SMILES string of the molecule is CC(O)[C@H]1CC[C@H]2[C@@H]3CCC4=CC(=O)C=C[C@]4(C)[C@H]3C(O)C[C@]12C. The molecule has 4 aliphatic rings. The lowest BCUT2D eigenvalue weighted by Crippen LogP contribution is -2.56. The van der Waals surface area contributed by atoms with Crippen molar-refractivity contribution in [1.29, 1.82) is 0 Å². The molecule has 3 nitrogen and oxygen atoms in total. The van der Waals surface area contributed by atoms with E-state index in [2.05, 4.69) is 19.9 Å². The third kappa shape index (κ3) is 2.07. The van der Waals surface area contributed by atoms with Crippen molar-refractivity contribution in [2.45, 2.75) is 65.1 Å². The maximum Gasteiger partial charge on any atom is 0.178 e. The molecule has 4 rings (SSSR count). The summed E-state index contributed by atoms with van der Waals surface area (Å²) < 4.78 is 0. The molecule has 0 spiro atoms. The van der Waals surface area contributed by atoms with Gasteiger partial charge in [-0.05, 0) is 74.3 Å². The predicted octanol–water partition coefficient (Wildman–Crippen LogP) is 3.26. The van der Waals surface area contributed by atoms with Gasteiger partial charge in [0.25, 0.3) is 0 Å². The quantitative estimate of drug-likeness (QED) is 0.776. The normalized spacial score (nSPS) is 51.5. The molecular formula is C21H30O3. The molecule has 0 aromatic rings. The largest absolute Gasteiger partial charge is 0.393 e. The first-order valence-corrected chi connectivity index (χ1v) is 9.58. The van der Waals surface area contributed by atoms with E-state index in [4.69, 9.17) is 0 Å². The van der Waals surface area contributed by atoms with Gasteiger partial charge in [-0.3, -0.25) is 4.79 Å². The summed E-state index contributed by atoms with van der Waals surface area (Å²) in [7, 11) is 0.